The molecule has 1 amide bonds. The molecule has 1 aromatic carbocycles. The molecule has 1 aliphatic carbocycles. The Balaban J connectivity index is 1.71. The van der Waals surface area contributed by atoms with Gasteiger partial charge in [0.15, 0.2) is 11.0 Å². The summed E-state index contributed by atoms with van der Waals surface area (Å²) in [7, 11) is 1.62. The fourth-order valence-electron chi connectivity index (χ4n) is 2.11. The summed E-state index contributed by atoms with van der Waals surface area (Å²) in [6, 6.07) is 7.74. The van der Waals surface area contributed by atoms with E-state index in [0.717, 1.165) is 23.8 Å². The Labute approximate surface area is 143 Å². The van der Waals surface area contributed by atoms with Crippen LogP contribution in [-0.2, 0) is 11.4 Å². The van der Waals surface area contributed by atoms with Gasteiger partial charge < -0.3 is 10.1 Å². The Hall–Kier alpha value is -1.73. The smallest absolute Gasteiger partial charge is 0.230 e. The zero-order chi connectivity index (χ0) is 16.2. The normalized spacial score (nSPS) is 13.8. The molecule has 0 unspecified atom stereocenters. The molecule has 1 saturated carbocycles. The van der Waals surface area contributed by atoms with E-state index in [4.69, 9.17) is 16.3 Å². The van der Waals surface area contributed by atoms with Gasteiger partial charge in [-0.2, -0.15) is 0 Å². The molecule has 23 heavy (non-hydrogen) atoms. The number of ether oxygens (including phenoxy) is 1. The molecule has 6 nitrogen and oxygen atoms in total. The number of thioether (sulfide) groups is 1. The van der Waals surface area contributed by atoms with Crippen molar-refractivity contribution >= 4 is 29.3 Å². The minimum Gasteiger partial charge on any atom is -0.484 e. The van der Waals surface area contributed by atoms with Gasteiger partial charge in [-0.3, -0.25) is 9.36 Å². The Bertz CT molecular complexity index is 703. The summed E-state index contributed by atoms with van der Waals surface area (Å²) in [5.41, 5.74) is 0. The lowest BCUT2D eigenvalue weighted by molar-refractivity contribution is -0.118. The molecular weight excluding hydrogens is 336 g/mol. The van der Waals surface area contributed by atoms with E-state index in [-0.39, 0.29) is 5.91 Å². The molecule has 8 heteroatoms. The fraction of sp³-hybridized carbons (Fsp3) is 0.400. The molecule has 1 fully saturated rings. The summed E-state index contributed by atoms with van der Waals surface area (Å²) in [6.45, 7) is 0.299. The lowest BCUT2D eigenvalue weighted by atomic mass is 10.3. The maximum atomic E-state index is 11.4. The van der Waals surface area contributed by atoms with E-state index in [1.807, 2.05) is 18.2 Å². The van der Waals surface area contributed by atoms with Crippen molar-refractivity contribution in [2.45, 2.75) is 30.6 Å². The minimum atomic E-state index is -0.0331. The molecule has 0 bridgehead atoms. The maximum Gasteiger partial charge on any atom is 0.230 e. The van der Waals surface area contributed by atoms with Crippen molar-refractivity contribution < 1.29 is 9.53 Å². The highest BCUT2D eigenvalue weighted by atomic mass is 35.5. The molecule has 0 radical (unpaired) electrons. The van der Waals surface area contributed by atoms with Crippen molar-refractivity contribution in [3.63, 3.8) is 0 Å². The van der Waals surface area contributed by atoms with Gasteiger partial charge in [0, 0.05) is 13.1 Å². The van der Waals surface area contributed by atoms with E-state index in [9.17, 15) is 4.79 Å². The SMILES string of the molecule is CNC(=O)CSc1nnc(COc2ccccc2Cl)n1C1CC1. The van der Waals surface area contributed by atoms with E-state index >= 15 is 0 Å². The fourth-order valence-corrected chi connectivity index (χ4v) is 3.20. The number of amides is 1. The van der Waals surface area contributed by atoms with E-state index in [1.165, 1.54) is 11.8 Å². The van der Waals surface area contributed by atoms with E-state index in [2.05, 4.69) is 20.1 Å². The second-order valence-corrected chi connectivity index (χ2v) is 6.53. The lowest BCUT2D eigenvalue weighted by Crippen LogP contribution is -2.20. The second-order valence-electron chi connectivity index (χ2n) is 5.18. The van der Waals surface area contributed by atoms with Crippen molar-refractivity contribution in [3.05, 3.63) is 35.1 Å². The monoisotopic (exact) mass is 352 g/mol. The first-order valence-corrected chi connectivity index (χ1v) is 8.70. The zero-order valence-electron chi connectivity index (χ0n) is 12.7. The average molecular weight is 353 g/mol. The number of carbonyl (C=O) groups is 1. The van der Waals surface area contributed by atoms with Gasteiger partial charge in [-0.1, -0.05) is 35.5 Å². The van der Waals surface area contributed by atoms with Gasteiger partial charge in [-0.15, -0.1) is 10.2 Å². The molecule has 1 heterocycles. The topological polar surface area (TPSA) is 69.0 Å². The average Bonchev–Trinajstić information content (AvgIpc) is 3.32. The number of nitrogens with zero attached hydrogens (tertiary/aromatic N) is 3. The van der Waals surface area contributed by atoms with Gasteiger partial charge in [0.1, 0.15) is 12.4 Å². The number of hydrogen-bond donors (Lipinski definition) is 1. The Morgan fingerprint density at radius 3 is 2.91 bits per heavy atom. The number of nitrogens with one attached hydrogen (secondary N) is 1. The van der Waals surface area contributed by atoms with E-state index < -0.39 is 0 Å². The van der Waals surface area contributed by atoms with E-state index in [0.29, 0.717) is 29.2 Å². The van der Waals surface area contributed by atoms with Crippen LogP contribution in [0.3, 0.4) is 0 Å². The predicted molar refractivity (Wildman–Crippen MR) is 88.9 cm³/mol. The molecular formula is C15H17ClN4O2S. The summed E-state index contributed by atoms with van der Waals surface area (Å²) >= 11 is 7.48. The van der Waals surface area contributed by atoms with Crippen molar-refractivity contribution in [1.29, 1.82) is 0 Å². The van der Waals surface area contributed by atoms with Crippen LogP contribution < -0.4 is 10.1 Å². The van der Waals surface area contributed by atoms with Crippen LogP contribution in [0.2, 0.25) is 5.02 Å². The van der Waals surface area contributed by atoms with Crippen molar-refractivity contribution in [1.82, 2.24) is 20.1 Å². The molecule has 122 valence electrons. The van der Waals surface area contributed by atoms with Gasteiger partial charge in [-0.25, -0.2) is 0 Å². The van der Waals surface area contributed by atoms with Gasteiger partial charge in [0.25, 0.3) is 0 Å². The van der Waals surface area contributed by atoms with Crippen LogP contribution in [0.1, 0.15) is 24.7 Å². The summed E-state index contributed by atoms with van der Waals surface area (Å²) in [4.78, 5) is 11.4. The standard InChI is InChI=1S/C15H17ClN4O2S/c1-17-14(21)9-23-15-19-18-13(20(15)10-6-7-10)8-22-12-5-3-2-4-11(12)16/h2-5,10H,6-9H2,1H3,(H,17,21). The number of carbonyl (C=O) groups excluding carboxylic acids is 1. The maximum absolute atomic E-state index is 11.4. The van der Waals surface area contributed by atoms with Crippen LogP contribution in [0.25, 0.3) is 0 Å². The third-order valence-electron chi connectivity index (χ3n) is 3.45. The Kier molecular flexibility index (Phi) is 5.07. The molecule has 0 aliphatic heterocycles. The Morgan fingerprint density at radius 2 is 2.22 bits per heavy atom. The molecule has 2 aromatic rings. The van der Waals surface area contributed by atoms with Crippen LogP contribution in [0, 0.1) is 0 Å². The Morgan fingerprint density at radius 1 is 1.43 bits per heavy atom. The number of rotatable bonds is 7. The van der Waals surface area contributed by atoms with Crippen LogP contribution in [0.15, 0.2) is 29.4 Å². The highest BCUT2D eigenvalue weighted by Crippen LogP contribution is 2.39. The van der Waals surface area contributed by atoms with Gasteiger partial charge in [0.05, 0.1) is 10.8 Å². The largest absolute Gasteiger partial charge is 0.484 e. The van der Waals surface area contributed by atoms with Gasteiger partial charge >= 0.3 is 0 Å². The lowest BCUT2D eigenvalue weighted by Gasteiger charge is -2.10. The number of para-hydroxylation sites is 1. The summed E-state index contributed by atoms with van der Waals surface area (Å²) in [5, 5.41) is 12.3. The zero-order valence-corrected chi connectivity index (χ0v) is 14.2. The molecule has 1 aromatic heterocycles. The van der Waals surface area contributed by atoms with E-state index in [1.54, 1.807) is 13.1 Å². The number of hydrogen-bond acceptors (Lipinski definition) is 5. The molecule has 1 aliphatic rings. The second kappa shape index (κ2) is 7.23. The van der Waals surface area contributed by atoms with Gasteiger partial charge in [0.2, 0.25) is 5.91 Å². The predicted octanol–water partition coefficient (Wildman–Crippen LogP) is 2.68. The molecule has 3 rings (SSSR count). The molecule has 0 saturated heterocycles. The number of benzene rings is 1. The van der Waals surface area contributed by atoms with Crippen LogP contribution >= 0.6 is 23.4 Å². The highest BCUT2D eigenvalue weighted by Gasteiger charge is 2.30. The van der Waals surface area contributed by atoms with Crippen molar-refractivity contribution in [2.24, 2.45) is 0 Å². The van der Waals surface area contributed by atoms with Crippen LogP contribution in [0.4, 0.5) is 0 Å². The number of halogens is 1. The third kappa shape index (κ3) is 3.97. The van der Waals surface area contributed by atoms with Crippen molar-refractivity contribution in [3.8, 4) is 5.75 Å². The summed E-state index contributed by atoms with van der Waals surface area (Å²) < 4.78 is 7.83. The molecule has 0 spiro atoms. The number of aromatic nitrogens is 3. The van der Waals surface area contributed by atoms with Crippen LogP contribution in [0.5, 0.6) is 5.75 Å². The molecule has 1 N–H and O–H groups in total. The molecule has 0 atom stereocenters. The first-order chi connectivity index (χ1) is 11.2. The highest BCUT2D eigenvalue weighted by molar-refractivity contribution is 7.99. The summed E-state index contributed by atoms with van der Waals surface area (Å²) in [6.07, 6.45) is 2.20. The van der Waals surface area contributed by atoms with Crippen molar-refractivity contribution in [2.75, 3.05) is 12.8 Å². The summed E-state index contributed by atoms with van der Waals surface area (Å²) in [5.74, 6) is 1.67. The first kappa shape index (κ1) is 16.1. The first-order valence-electron chi connectivity index (χ1n) is 7.33. The third-order valence-corrected chi connectivity index (χ3v) is 4.71. The van der Waals surface area contributed by atoms with Gasteiger partial charge in [-0.05, 0) is 25.0 Å². The minimum absolute atomic E-state index is 0.0331. The van der Waals surface area contributed by atoms with Crippen LogP contribution in [-0.4, -0.2) is 33.5 Å². The quantitative estimate of drug-likeness (QED) is 0.776.